The molecule has 3 aromatic rings. The number of nitrogens with one attached hydrogen (secondary N) is 2. The number of benzene rings is 2. The molecule has 1 heterocycles. The minimum Gasteiger partial charge on any atom is -0.385 e. The van der Waals surface area contributed by atoms with Gasteiger partial charge in [-0.05, 0) is 49.2 Å². The number of fused-ring (bicyclic) bond motifs is 1. The largest absolute Gasteiger partial charge is 0.385 e. The molecule has 1 aromatic heterocycles. The van der Waals surface area contributed by atoms with E-state index in [0.717, 1.165) is 36.0 Å². The molecule has 156 valence electrons. The van der Waals surface area contributed by atoms with E-state index >= 15 is 0 Å². The van der Waals surface area contributed by atoms with Crippen LogP contribution in [-0.4, -0.2) is 35.7 Å². The molecule has 7 nitrogen and oxygen atoms in total. The van der Waals surface area contributed by atoms with Crippen LogP contribution in [0.5, 0.6) is 0 Å². The molecule has 2 aromatic carbocycles. The highest BCUT2D eigenvalue weighted by atomic mass is 16.5. The lowest BCUT2D eigenvalue weighted by Gasteiger charge is -2.11. The SMILES string of the molecule is CCCCNC(=O)c1ccc2c(c1)nc(Nc1cccc(C#N)c1)n2CCCOC. The van der Waals surface area contributed by atoms with Gasteiger partial charge in [0.25, 0.3) is 5.91 Å². The third-order valence-electron chi connectivity index (χ3n) is 4.80. The Hall–Kier alpha value is -3.37. The third kappa shape index (κ3) is 5.16. The summed E-state index contributed by atoms with van der Waals surface area (Å²) in [5.74, 6) is 0.579. The summed E-state index contributed by atoms with van der Waals surface area (Å²) in [7, 11) is 1.68. The van der Waals surface area contributed by atoms with Gasteiger partial charge < -0.3 is 19.9 Å². The molecule has 0 fully saturated rings. The van der Waals surface area contributed by atoms with Crippen LogP contribution < -0.4 is 10.6 Å². The molecule has 0 aliphatic carbocycles. The van der Waals surface area contributed by atoms with Crippen molar-refractivity contribution in [2.24, 2.45) is 0 Å². The van der Waals surface area contributed by atoms with Gasteiger partial charge in [0.05, 0.1) is 22.7 Å². The van der Waals surface area contributed by atoms with E-state index in [1.807, 2.05) is 30.3 Å². The minimum atomic E-state index is -0.0875. The van der Waals surface area contributed by atoms with Crippen LogP contribution in [0.4, 0.5) is 11.6 Å². The zero-order valence-corrected chi connectivity index (χ0v) is 17.4. The van der Waals surface area contributed by atoms with Crippen molar-refractivity contribution >= 4 is 28.6 Å². The Morgan fingerprint density at radius 3 is 2.87 bits per heavy atom. The van der Waals surface area contributed by atoms with Gasteiger partial charge in [-0.3, -0.25) is 4.79 Å². The molecule has 3 rings (SSSR count). The number of ether oxygens (including phenoxy) is 1. The van der Waals surface area contributed by atoms with Crippen molar-refractivity contribution in [3.63, 3.8) is 0 Å². The van der Waals surface area contributed by atoms with E-state index in [1.54, 1.807) is 19.2 Å². The molecule has 2 N–H and O–H groups in total. The van der Waals surface area contributed by atoms with Crippen LogP contribution in [0.1, 0.15) is 42.1 Å². The average molecular weight is 406 g/mol. The monoisotopic (exact) mass is 405 g/mol. The Balaban J connectivity index is 1.92. The summed E-state index contributed by atoms with van der Waals surface area (Å²) in [5.41, 5.74) is 3.64. The number of carbonyl (C=O) groups excluding carboxylic acids is 1. The van der Waals surface area contributed by atoms with Crippen LogP contribution >= 0.6 is 0 Å². The fraction of sp³-hybridized carbons (Fsp3) is 0.348. The second-order valence-corrected chi connectivity index (χ2v) is 7.06. The second-order valence-electron chi connectivity index (χ2n) is 7.06. The second kappa shape index (κ2) is 10.4. The Kier molecular flexibility index (Phi) is 7.41. The number of nitriles is 1. The first kappa shape index (κ1) is 21.3. The number of imidazole rings is 1. The molecule has 0 bridgehead atoms. The van der Waals surface area contributed by atoms with Crippen LogP contribution in [-0.2, 0) is 11.3 Å². The number of amides is 1. The van der Waals surface area contributed by atoms with Crippen molar-refractivity contribution in [2.75, 3.05) is 25.6 Å². The quantitative estimate of drug-likeness (QED) is 0.493. The van der Waals surface area contributed by atoms with Crippen molar-refractivity contribution in [2.45, 2.75) is 32.7 Å². The topological polar surface area (TPSA) is 92.0 Å². The molecule has 30 heavy (non-hydrogen) atoms. The van der Waals surface area contributed by atoms with E-state index in [9.17, 15) is 4.79 Å². The Morgan fingerprint density at radius 2 is 2.10 bits per heavy atom. The Morgan fingerprint density at radius 1 is 1.23 bits per heavy atom. The van der Waals surface area contributed by atoms with Crippen LogP contribution in [0, 0.1) is 11.3 Å². The van der Waals surface area contributed by atoms with E-state index in [-0.39, 0.29) is 5.91 Å². The lowest BCUT2D eigenvalue weighted by Crippen LogP contribution is -2.24. The van der Waals surface area contributed by atoms with Crippen LogP contribution in [0.3, 0.4) is 0 Å². The number of aromatic nitrogens is 2. The molecule has 0 radical (unpaired) electrons. The molecule has 0 atom stereocenters. The number of carbonyl (C=O) groups is 1. The first-order valence-corrected chi connectivity index (χ1v) is 10.2. The number of hydrogen-bond donors (Lipinski definition) is 2. The van der Waals surface area contributed by atoms with Gasteiger partial charge in [0.1, 0.15) is 0 Å². The molecule has 0 unspecified atom stereocenters. The van der Waals surface area contributed by atoms with Gasteiger partial charge in [0.15, 0.2) is 0 Å². The lowest BCUT2D eigenvalue weighted by atomic mass is 10.2. The van der Waals surface area contributed by atoms with Crippen LogP contribution in [0.25, 0.3) is 11.0 Å². The van der Waals surface area contributed by atoms with Gasteiger partial charge in [0.2, 0.25) is 5.95 Å². The third-order valence-corrected chi connectivity index (χ3v) is 4.80. The highest BCUT2D eigenvalue weighted by Gasteiger charge is 2.14. The predicted octanol–water partition coefficient (Wildman–Crippen LogP) is 4.22. The van der Waals surface area contributed by atoms with Gasteiger partial charge in [-0.2, -0.15) is 5.26 Å². The number of rotatable bonds is 10. The number of hydrogen-bond acceptors (Lipinski definition) is 5. The van der Waals surface area contributed by atoms with E-state index in [4.69, 9.17) is 15.0 Å². The first-order valence-electron chi connectivity index (χ1n) is 10.2. The van der Waals surface area contributed by atoms with Crippen molar-refractivity contribution in [1.82, 2.24) is 14.9 Å². The number of methoxy groups -OCH3 is 1. The van der Waals surface area contributed by atoms with Crippen LogP contribution in [0.15, 0.2) is 42.5 Å². The van der Waals surface area contributed by atoms with Crippen molar-refractivity contribution < 1.29 is 9.53 Å². The summed E-state index contributed by atoms with van der Waals surface area (Å²) < 4.78 is 7.27. The summed E-state index contributed by atoms with van der Waals surface area (Å²) in [6, 6.07) is 15.0. The van der Waals surface area contributed by atoms with E-state index < -0.39 is 0 Å². The smallest absolute Gasteiger partial charge is 0.251 e. The maximum atomic E-state index is 12.4. The summed E-state index contributed by atoms with van der Waals surface area (Å²) in [5, 5.41) is 15.4. The molecule has 0 saturated heterocycles. The van der Waals surface area contributed by atoms with E-state index in [1.165, 1.54) is 0 Å². The van der Waals surface area contributed by atoms with Gasteiger partial charge >= 0.3 is 0 Å². The Bertz CT molecular complexity index is 1050. The Labute approximate surface area is 176 Å². The standard InChI is InChI=1S/C23H27N5O2/c1-3-4-11-25-22(29)18-9-10-21-20(15-18)27-23(28(21)12-6-13-30-2)26-19-8-5-7-17(14-19)16-24/h5,7-10,14-15H,3-4,6,11-13H2,1-2H3,(H,25,29)(H,26,27). The van der Waals surface area contributed by atoms with Crippen molar-refractivity contribution in [3.05, 3.63) is 53.6 Å². The number of aryl methyl sites for hydroxylation is 1. The zero-order valence-electron chi connectivity index (χ0n) is 17.4. The molecule has 0 aliphatic heterocycles. The molecular weight excluding hydrogens is 378 g/mol. The molecule has 0 spiro atoms. The highest BCUT2D eigenvalue weighted by Crippen LogP contribution is 2.25. The van der Waals surface area contributed by atoms with Gasteiger partial charge in [-0.15, -0.1) is 0 Å². The molecular formula is C23H27N5O2. The minimum absolute atomic E-state index is 0.0875. The summed E-state index contributed by atoms with van der Waals surface area (Å²) in [6.45, 7) is 4.11. The molecule has 0 saturated carbocycles. The maximum absolute atomic E-state index is 12.4. The van der Waals surface area contributed by atoms with Gasteiger partial charge in [-0.25, -0.2) is 4.98 Å². The number of unbranched alkanes of at least 4 members (excludes halogenated alkanes) is 1. The highest BCUT2D eigenvalue weighted by molar-refractivity contribution is 5.97. The molecule has 7 heteroatoms. The van der Waals surface area contributed by atoms with Crippen LogP contribution in [0.2, 0.25) is 0 Å². The normalized spacial score (nSPS) is 10.7. The maximum Gasteiger partial charge on any atom is 0.251 e. The fourth-order valence-corrected chi connectivity index (χ4v) is 3.24. The zero-order chi connectivity index (χ0) is 21.3. The molecule has 1 amide bonds. The number of anilines is 2. The summed E-state index contributed by atoms with van der Waals surface area (Å²) in [6.07, 6.45) is 2.82. The number of nitrogens with zero attached hydrogens (tertiary/aromatic N) is 3. The lowest BCUT2D eigenvalue weighted by molar-refractivity contribution is 0.0953. The van der Waals surface area contributed by atoms with E-state index in [2.05, 4.69) is 28.2 Å². The average Bonchev–Trinajstić information content (AvgIpc) is 3.10. The predicted molar refractivity (Wildman–Crippen MR) is 118 cm³/mol. The van der Waals surface area contributed by atoms with E-state index in [0.29, 0.717) is 36.8 Å². The van der Waals surface area contributed by atoms with Crippen molar-refractivity contribution in [1.29, 1.82) is 5.26 Å². The summed E-state index contributed by atoms with van der Waals surface area (Å²) in [4.78, 5) is 17.1. The van der Waals surface area contributed by atoms with Gasteiger partial charge in [-0.1, -0.05) is 19.4 Å². The first-order chi connectivity index (χ1) is 14.7. The summed E-state index contributed by atoms with van der Waals surface area (Å²) >= 11 is 0. The van der Waals surface area contributed by atoms with Crippen molar-refractivity contribution in [3.8, 4) is 6.07 Å². The van der Waals surface area contributed by atoms with Gasteiger partial charge in [0, 0.05) is 38.1 Å². The molecule has 0 aliphatic rings. The fourth-order valence-electron chi connectivity index (χ4n) is 3.24.